The Hall–Kier alpha value is -1.73. The molecule has 1 aromatic carbocycles. The standard InChI is InChI=1S/C18H21BrN4O2/c19-14-3-1-12(2-4-14)17-21-16(25-22-17)11-23-9-7-13(8-10-23)18(24)20-15-5-6-15/h1-4,13,15H,5-11H2,(H,20,24). The minimum atomic E-state index is 0.151. The van der Waals surface area contributed by atoms with Crippen LogP contribution in [-0.2, 0) is 11.3 Å². The van der Waals surface area contributed by atoms with Gasteiger partial charge in [0.25, 0.3) is 0 Å². The van der Waals surface area contributed by atoms with E-state index < -0.39 is 0 Å². The third-order valence-corrected chi connectivity index (χ3v) is 5.34. The lowest BCUT2D eigenvalue weighted by molar-refractivity contribution is -0.126. The van der Waals surface area contributed by atoms with E-state index in [1.54, 1.807) is 0 Å². The van der Waals surface area contributed by atoms with Crippen molar-refractivity contribution in [2.75, 3.05) is 13.1 Å². The summed E-state index contributed by atoms with van der Waals surface area (Å²) in [5.41, 5.74) is 0.939. The van der Waals surface area contributed by atoms with Gasteiger partial charge in [-0.15, -0.1) is 0 Å². The van der Waals surface area contributed by atoms with Gasteiger partial charge in [-0.3, -0.25) is 9.69 Å². The van der Waals surface area contributed by atoms with Crippen molar-refractivity contribution in [2.45, 2.75) is 38.3 Å². The van der Waals surface area contributed by atoms with Crippen LogP contribution in [0, 0.1) is 5.92 Å². The Morgan fingerprint density at radius 3 is 2.60 bits per heavy atom. The average Bonchev–Trinajstić information content (AvgIpc) is 3.32. The number of piperidine rings is 1. The highest BCUT2D eigenvalue weighted by molar-refractivity contribution is 9.10. The number of rotatable bonds is 5. The number of halogens is 1. The number of nitrogens with zero attached hydrogens (tertiary/aromatic N) is 3. The van der Waals surface area contributed by atoms with Crippen molar-refractivity contribution in [1.82, 2.24) is 20.4 Å². The van der Waals surface area contributed by atoms with Crippen molar-refractivity contribution in [3.05, 3.63) is 34.6 Å². The van der Waals surface area contributed by atoms with Crippen molar-refractivity contribution in [1.29, 1.82) is 0 Å². The van der Waals surface area contributed by atoms with E-state index >= 15 is 0 Å². The second kappa shape index (κ2) is 7.25. The van der Waals surface area contributed by atoms with Gasteiger partial charge in [-0.05, 0) is 63.0 Å². The molecule has 0 radical (unpaired) electrons. The fourth-order valence-electron chi connectivity index (χ4n) is 3.13. The highest BCUT2D eigenvalue weighted by Gasteiger charge is 2.30. The lowest BCUT2D eigenvalue weighted by Gasteiger charge is -2.30. The molecule has 4 rings (SSSR count). The van der Waals surface area contributed by atoms with Crippen LogP contribution in [0.15, 0.2) is 33.3 Å². The molecule has 6 nitrogen and oxygen atoms in total. The largest absolute Gasteiger partial charge is 0.353 e. The Morgan fingerprint density at radius 1 is 1.20 bits per heavy atom. The second-order valence-corrected chi connectivity index (χ2v) is 7.77. The summed E-state index contributed by atoms with van der Waals surface area (Å²) in [6.07, 6.45) is 4.07. The van der Waals surface area contributed by atoms with Gasteiger partial charge in [0.05, 0.1) is 6.54 Å². The van der Waals surface area contributed by atoms with Crippen molar-refractivity contribution in [3.63, 3.8) is 0 Å². The number of carbonyl (C=O) groups is 1. The maximum atomic E-state index is 12.1. The van der Waals surface area contributed by atoms with Gasteiger partial charge < -0.3 is 9.84 Å². The third-order valence-electron chi connectivity index (χ3n) is 4.81. The molecule has 0 spiro atoms. The number of nitrogens with one attached hydrogen (secondary N) is 1. The summed E-state index contributed by atoms with van der Waals surface area (Å²) >= 11 is 3.42. The minimum absolute atomic E-state index is 0.151. The van der Waals surface area contributed by atoms with E-state index in [-0.39, 0.29) is 11.8 Å². The monoisotopic (exact) mass is 404 g/mol. The molecule has 7 heteroatoms. The molecule has 132 valence electrons. The number of amides is 1. The predicted octanol–water partition coefficient (Wildman–Crippen LogP) is 2.99. The lowest BCUT2D eigenvalue weighted by atomic mass is 9.96. The molecule has 2 heterocycles. The first-order chi connectivity index (χ1) is 12.2. The first-order valence-corrected chi connectivity index (χ1v) is 9.58. The van der Waals surface area contributed by atoms with Crippen LogP contribution >= 0.6 is 15.9 Å². The molecular formula is C18H21BrN4O2. The summed E-state index contributed by atoms with van der Waals surface area (Å²) in [5.74, 6) is 1.62. The molecule has 1 aromatic heterocycles. The van der Waals surface area contributed by atoms with Gasteiger partial charge in [-0.25, -0.2) is 0 Å². The summed E-state index contributed by atoms with van der Waals surface area (Å²) in [7, 11) is 0. The molecule has 1 saturated heterocycles. The number of likely N-dealkylation sites (tertiary alicyclic amines) is 1. The quantitative estimate of drug-likeness (QED) is 0.828. The molecule has 0 unspecified atom stereocenters. The minimum Gasteiger partial charge on any atom is -0.353 e. The second-order valence-electron chi connectivity index (χ2n) is 6.85. The van der Waals surface area contributed by atoms with Crippen LogP contribution < -0.4 is 5.32 Å². The number of hydrogen-bond donors (Lipinski definition) is 1. The molecule has 1 N–H and O–H groups in total. The van der Waals surface area contributed by atoms with Crippen LogP contribution in [0.5, 0.6) is 0 Å². The summed E-state index contributed by atoms with van der Waals surface area (Å²) in [6, 6.07) is 8.29. The number of carbonyl (C=O) groups excluding carboxylic acids is 1. The highest BCUT2D eigenvalue weighted by atomic mass is 79.9. The first kappa shape index (κ1) is 16.7. The van der Waals surface area contributed by atoms with Crippen molar-refractivity contribution in [2.24, 2.45) is 5.92 Å². The van der Waals surface area contributed by atoms with Crippen LogP contribution in [0.4, 0.5) is 0 Å². The molecule has 1 amide bonds. The van der Waals surface area contributed by atoms with E-state index in [2.05, 4.69) is 36.3 Å². The van der Waals surface area contributed by atoms with Gasteiger partial charge in [-0.1, -0.05) is 21.1 Å². The Labute approximate surface area is 155 Å². The smallest absolute Gasteiger partial charge is 0.241 e. The summed E-state index contributed by atoms with van der Waals surface area (Å²) in [4.78, 5) is 18.9. The molecule has 2 aromatic rings. The van der Waals surface area contributed by atoms with Gasteiger partial charge in [0.2, 0.25) is 17.6 Å². The van der Waals surface area contributed by atoms with E-state index in [0.717, 1.165) is 48.8 Å². The molecule has 1 aliphatic carbocycles. The van der Waals surface area contributed by atoms with Crippen LogP contribution in [0.3, 0.4) is 0 Å². The number of benzene rings is 1. The van der Waals surface area contributed by atoms with Crippen molar-refractivity contribution >= 4 is 21.8 Å². The Balaban J connectivity index is 1.30. The SMILES string of the molecule is O=C(NC1CC1)C1CCN(Cc2nc(-c3ccc(Br)cc3)no2)CC1. The van der Waals surface area contributed by atoms with E-state index in [0.29, 0.717) is 24.3 Å². The molecule has 1 saturated carbocycles. The highest BCUT2D eigenvalue weighted by Crippen LogP contribution is 2.24. The third kappa shape index (κ3) is 4.27. The maximum Gasteiger partial charge on any atom is 0.241 e. The van der Waals surface area contributed by atoms with Gasteiger partial charge >= 0.3 is 0 Å². The number of aromatic nitrogens is 2. The lowest BCUT2D eigenvalue weighted by Crippen LogP contribution is -2.40. The fraction of sp³-hybridized carbons (Fsp3) is 0.500. The Kier molecular flexibility index (Phi) is 4.85. The summed E-state index contributed by atoms with van der Waals surface area (Å²) in [6.45, 7) is 2.41. The van der Waals surface area contributed by atoms with Gasteiger partial charge in [-0.2, -0.15) is 4.98 Å². The predicted molar refractivity (Wildman–Crippen MR) is 96.6 cm³/mol. The molecular weight excluding hydrogens is 384 g/mol. The Morgan fingerprint density at radius 2 is 1.92 bits per heavy atom. The molecule has 25 heavy (non-hydrogen) atoms. The van der Waals surface area contributed by atoms with E-state index in [9.17, 15) is 4.79 Å². The zero-order valence-electron chi connectivity index (χ0n) is 13.9. The van der Waals surface area contributed by atoms with Crippen LogP contribution in [-0.4, -0.2) is 40.1 Å². The van der Waals surface area contributed by atoms with Crippen LogP contribution in [0.25, 0.3) is 11.4 Å². The zero-order valence-corrected chi connectivity index (χ0v) is 15.5. The molecule has 0 bridgehead atoms. The zero-order chi connectivity index (χ0) is 17.2. The van der Waals surface area contributed by atoms with Crippen molar-refractivity contribution in [3.8, 4) is 11.4 Å². The van der Waals surface area contributed by atoms with Gasteiger partial charge in [0, 0.05) is 22.0 Å². The number of hydrogen-bond acceptors (Lipinski definition) is 5. The maximum absolute atomic E-state index is 12.1. The average molecular weight is 405 g/mol. The van der Waals surface area contributed by atoms with Gasteiger partial charge in [0.15, 0.2) is 0 Å². The van der Waals surface area contributed by atoms with E-state index in [4.69, 9.17) is 4.52 Å². The topological polar surface area (TPSA) is 71.3 Å². The molecule has 0 atom stereocenters. The van der Waals surface area contributed by atoms with Crippen molar-refractivity contribution < 1.29 is 9.32 Å². The molecule has 2 aliphatic rings. The van der Waals surface area contributed by atoms with Gasteiger partial charge in [0.1, 0.15) is 0 Å². The summed E-state index contributed by atoms with van der Waals surface area (Å²) < 4.78 is 6.42. The van der Waals surface area contributed by atoms with Crippen LogP contribution in [0.2, 0.25) is 0 Å². The molecule has 2 fully saturated rings. The van der Waals surface area contributed by atoms with E-state index in [1.165, 1.54) is 0 Å². The van der Waals surface area contributed by atoms with E-state index in [1.807, 2.05) is 24.3 Å². The molecule has 1 aliphatic heterocycles. The van der Waals surface area contributed by atoms with Crippen LogP contribution in [0.1, 0.15) is 31.6 Å². The summed E-state index contributed by atoms with van der Waals surface area (Å²) in [5, 5.41) is 7.18. The fourth-order valence-corrected chi connectivity index (χ4v) is 3.39. The normalized spacial score (nSPS) is 19.1. The first-order valence-electron chi connectivity index (χ1n) is 8.78. The Bertz CT molecular complexity index is 734.